The van der Waals surface area contributed by atoms with E-state index in [-0.39, 0.29) is 5.91 Å². The summed E-state index contributed by atoms with van der Waals surface area (Å²) in [5.41, 5.74) is 0.758. The van der Waals surface area contributed by atoms with Gasteiger partial charge in [0, 0.05) is 6.54 Å². The van der Waals surface area contributed by atoms with Crippen LogP contribution in [0.2, 0.25) is 0 Å². The zero-order chi connectivity index (χ0) is 13.2. The van der Waals surface area contributed by atoms with Gasteiger partial charge >= 0.3 is 0 Å². The summed E-state index contributed by atoms with van der Waals surface area (Å²) in [6.45, 7) is 2.91. The largest absolute Gasteiger partial charge is 0.494 e. The van der Waals surface area contributed by atoms with Crippen molar-refractivity contribution in [1.82, 2.24) is 10.3 Å². The first-order chi connectivity index (χ1) is 8.60. The van der Waals surface area contributed by atoms with Gasteiger partial charge in [-0.25, -0.2) is 4.98 Å². The monoisotopic (exact) mass is 312 g/mol. The number of carbonyl (C=O) groups excluding carboxylic acids is 1. The molecule has 1 aliphatic rings. The van der Waals surface area contributed by atoms with Gasteiger partial charge in [0.15, 0.2) is 5.75 Å². The number of nitrogens with one attached hydrogen (secondary N) is 1. The molecule has 1 aliphatic carbocycles. The number of halogens is 1. The van der Waals surface area contributed by atoms with Crippen molar-refractivity contribution < 1.29 is 9.53 Å². The standard InChI is InChI=1S/C13H17BrN2O2/c1-3-13(6-7-13)8-15-12(17)9-4-5-10(18-2)11(14)16-9/h4-5H,3,6-8H2,1-2H3,(H,15,17). The first-order valence-corrected chi connectivity index (χ1v) is 6.88. The van der Waals surface area contributed by atoms with Crippen molar-refractivity contribution in [1.29, 1.82) is 0 Å². The number of rotatable bonds is 5. The Morgan fingerprint density at radius 2 is 2.28 bits per heavy atom. The van der Waals surface area contributed by atoms with Gasteiger partial charge in [-0.3, -0.25) is 4.79 Å². The fourth-order valence-corrected chi connectivity index (χ4v) is 2.38. The van der Waals surface area contributed by atoms with Gasteiger partial charge in [-0.2, -0.15) is 0 Å². The molecule has 1 aromatic heterocycles. The molecular formula is C13H17BrN2O2. The van der Waals surface area contributed by atoms with Gasteiger partial charge < -0.3 is 10.1 Å². The number of aromatic nitrogens is 1. The number of nitrogens with zero attached hydrogens (tertiary/aromatic N) is 1. The number of amides is 1. The molecule has 98 valence electrons. The lowest BCUT2D eigenvalue weighted by Gasteiger charge is -2.13. The Kier molecular flexibility index (Phi) is 3.90. The fourth-order valence-electron chi connectivity index (χ4n) is 1.89. The summed E-state index contributed by atoms with van der Waals surface area (Å²) in [5.74, 6) is 0.497. The zero-order valence-electron chi connectivity index (χ0n) is 10.6. The molecule has 0 aromatic carbocycles. The van der Waals surface area contributed by atoms with Crippen LogP contribution >= 0.6 is 15.9 Å². The Hall–Kier alpha value is -1.10. The molecule has 0 radical (unpaired) electrons. The summed E-state index contributed by atoms with van der Waals surface area (Å²) in [7, 11) is 1.57. The minimum Gasteiger partial charge on any atom is -0.494 e. The quantitative estimate of drug-likeness (QED) is 0.851. The molecule has 1 fully saturated rings. The van der Waals surface area contributed by atoms with E-state index in [1.165, 1.54) is 12.8 Å². The third-order valence-corrected chi connectivity index (χ3v) is 4.17. The highest BCUT2D eigenvalue weighted by atomic mass is 79.9. The topological polar surface area (TPSA) is 51.2 Å². The third-order valence-electron chi connectivity index (χ3n) is 3.60. The molecule has 1 N–H and O–H groups in total. The van der Waals surface area contributed by atoms with Crippen LogP contribution in [0.3, 0.4) is 0 Å². The van der Waals surface area contributed by atoms with E-state index < -0.39 is 0 Å². The van der Waals surface area contributed by atoms with Gasteiger partial charge in [-0.05, 0) is 52.7 Å². The summed E-state index contributed by atoms with van der Waals surface area (Å²) in [4.78, 5) is 16.1. The zero-order valence-corrected chi connectivity index (χ0v) is 12.2. The van der Waals surface area contributed by atoms with E-state index in [1.54, 1.807) is 19.2 Å². The van der Waals surface area contributed by atoms with Crippen molar-refractivity contribution in [2.24, 2.45) is 5.41 Å². The van der Waals surface area contributed by atoms with E-state index in [9.17, 15) is 4.79 Å². The molecule has 1 saturated carbocycles. The second kappa shape index (κ2) is 5.26. The molecule has 1 heterocycles. The third kappa shape index (κ3) is 2.83. The van der Waals surface area contributed by atoms with E-state index in [1.807, 2.05) is 0 Å². The molecule has 4 nitrogen and oxygen atoms in total. The van der Waals surface area contributed by atoms with Crippen molar-refractivity contribution in [2.75, 3.05) is 13.7 Å². The maximum absolute atomic E-state index is 12.0. The molecule has 1 aromatic rings. The molecule has 5 heteroatoms. The molecular weight excluding hydrogens is 296 g/mol. The highest BCUT2D eigenvalue weighted by Gasteiger charge is 2.40. The molecule has 0 atom stereocenters. The number of pyridine rings is 1. The summed E-state index contributed by atoms with van der Waals surface area (Å²) < 4.78 is 5.63. The highest BCUT2D eigenvalue weighted by Crippen LogP contribution is 2.47. The summed E-state index contributed by atoms with van der Waals surface area (Å²) in [6, 6.07) is 3.41. The molecule has 0 saturated heterocycles. The fraction of sp³-hybridized carbons (Fsp3) is 0.538. The molecule has 0 bridgehead atoms. The number of methoxy groups -OCH3 is 1. The van der Waals surface area contributed by atoms with Crippen LogP contribution in [0.1, 0.15) is 36.7 Å². The van der Waals surface area contributed by atoms with E-state index in [0.29, 0.717) is 21.5 Å². The first kappa shape index (κ1) is 13.3. The molecule has 2 rings (SSSR count). The van der Waals surface area contributed by atoms with Gasteiger partial charge in [0.25, 0.3) is 5.91 Å². The average Bonchev–Trinajstić information content (AvgIpc) is 3.16. The van der Waals surface area contributed by atoms with Crippen molar-refractivity contribution >= 4 is 21.8 Å². The van der Waals surface area contributed by atoms with Crippen LogP contribution in [0.15, 0.2) is 16.7 Å². The minimum atomic E-state index is -0.127. The lowest BCUT2D eigenvalue weighted by atomic mass is 10.0. The lowest BCUT2D eigenvalue weighted by molar-refractivity contribution is 0.0939. The number of carbonyl (C=O) groups is 1. The summed E-state index contributed by atoms with van der Waals surface area (Å²) in [6.07, 6.45) is 3.54. The van der Waals surface area contributed by atoms with E-state index in [2.05, 4.69) is 33.2 Å². The smallest absolute Gasteiger partial charge is 0.269 e. The average molecular weight is 313 g/mol. The van der Waals surface area contributed by atoms with Gasteiger partial charge in [0.2, 0.25) is 0 Å². The van der Waals surface area contributed by atoms with Gasteiger partial charge in [-0.1, -0.05) is 6.92 Å². The van der Waals surface area contributed by atoms with Crippen LogP contribution in [-0.2, 0) is 0 Å². The lowest BCUT2D eigenvalue weighted by Crippen LogP contribution is -2.30. The summed E-state index contributed by atoms with van der Waals surface area (Å²) >= 11 is 3.28. The summed E-state index contributed by atoms with van der Waals surface area (Å²) in [5, 5.41) is 2.95. The molecule has 0 aliphatic heterocycles. The SMILES string of the molecule is CCC1(CNC(=O)c2ccc(OC)c(Br)n2)CC1. The Labute approximate surface area is 115 Å². The van der Waals surface area contributed by atoms with Crippen molar-refractivity contribution in [3.63, 3.8) is 0 Å². The van der Waals surface area contributed by atoms with Gasteiger partial charge in [0.05, 0.1) is 7.11 Å². The van der Waals surface area contributed by atoms with Crippen LogP contribution < -0.4 is 10.1 Å². The van der Waals surface area contributed by atoms with Crippen LogP contribution in [0, 0.1) is 5.41 Å². The van der Waals surface area contributed by atoms with E-state index in [0.717, 1.165) is 13.0 Å². The number of hydrogen-bond acceptors (Lipinski definition) is 3. The van der Waals surface area contributed by atoms with Crippen LogP contribution in [0.25, 0.3) is 0 Å². The Balaban J connectivity index is 1.98. The van der Waals surface area contributed by atoms with Gasteiger partial charge in [-0.15, -0.1) is 0 Å². The molecule has 0 spiro atoms. The second-order valence-corrected chi connectivity index (χ2v) is 5.48. The Morgan fingerprint density at radius 1 is 1.56 bits per heavy atom. The number of ether oxygens (including phenoxy) is 1. The molecule has 1 amide bonds. The van der Waals surface area contributed by atoms with Gasteiger partial charge in [0.1, 0.15) is 10.3 Å². The second-order valence-electron chi connectivity index (χ2n) is 4.73. The predicted molar refractivity (Wildman–Crippen MR) is 72.8 cm³/mol. The van der Waals surface area contributed by atoms with Crippen molar-refractivity contribution in [3.8, 4) is 5.75 Å². The molecule has 18 heavy (non-hydrogen) atoms. The number of hydrogen-bond donors (Lipinski definition) is 1. The van der Waals surface area contributed by atoms with Crippen molar-refractivity contribution in [2.45, 2.75) is 26.2 Å². The van der Waals surface area contributed by atoms with Crippen LogP contribution in [-0.4, -0.2) is 24.5 Å². The van der Waals surface area contributed by atoms with Crippen LogP contribution in [0.5, 0.6) is 5.75 Å². The van der Waals surface area contributed by atoms with Crippen molar-refractivity contribution in [3.05, 3.63) is 22.4 Å². The predicted octanol–water partition coefficient (Wildman–Crippen LogP) is 2.77. The van der Waals surface area contributed by atoms with Crippen LogP contribution in [0.4, 0.5) is 0 Å². The Morgan fingerprint density at radius 3 is 2.78 bits per heavy atom. The normalized spacial score (nSPS) is 16.2. The van der Waals surface area contributed by atoms with E-state index >= 15 is 0 Å². The van der Waals surface area contributed by atoms with E-state index in [4.69, 9.17) is 4.74 Å². The highest BCUT2D eigenvalue weighted by molar-refractivity contribution is 9.10. The molecule has 0 unspecified atom stereocenters. The Bertz CT molecular complexity index is 458. The first-order valence-electron chi connectivity index (χ1n) is 6.09. The maximum atomic E-state index is 12.0. The minimum absolute atomic E-state index is 0.127. The maximum Gasteiger partial charge on any atom is 0.269 e.